The van der Waals surface area contributed by atoms with Gasteiger partial charge in [-0.2, -0.15) is 0 Å². The number of hydrogen-bond donors (Lipinski definition) is 2. The molecule has 0 saturated carbocycles. The molecule has 3 rings (SSSR count). The quantitative estimate of drug-likeness (QED) is 0.675. The van der Waals surface area contributed by atoms with Crippen LogP contribution in [0, 0.1) is 0 Å². The van der Waals surface area contributed by atoms with Crippen LogP contribution in [-0.4, -0.2) is 35.3 Å². The van der Waals surface area contributed by atoms with Gasteiger partial charge in [-0.25, -0.2) is 15.0 Å². The maximum atomic E-state index is 5.64. The first kappa shape index (κ1) is 15.0. The summed E-state index contributed by atoms with van der Waals surface area (Å²) in [5, 5.41) is 4.05. The number of methoxy groups -OCH3 is 1. The van der Waals surface area contributed by atoms with Gasteiger partial charge in [0.25, 0.3) is 0 Å². The average Bonchev–Trinajstić information content (AvgIpc) is 2.57. The summed E-state index contributed by atoms with van der Waals surface area (Å²) in [6.45, 7) is 1.03. The van der Waals surface area contributed by atoms with E-state index in [-0.39, 0.29) is 0 Å². The van der Waals surface area contributed by atoms with E-state index in [1.807, 2.05) is 18.2 Å². The van der Waals surface area contributed by atoms with Crippen molar-refractivity contribution in [2.45, 2.75) is 0 Å². The largest absolute Gasteiger partial charge is 0.491 e. The molecule has 0 saturated heterocycles. The van der Waals surface area contributed by atoms with Gasteiger partial charge in [-0.1, -0.05) is 0 Å². The standard InChI is InChI=1S/C16H17N5O2/c1-22-6-7-23-12-3-4-13-14(8-12)19-10-20-16(13)21-15-5-2-11(17)9-18-15/h2-5,8-10H,6-7,17H2,1H3,(H,18,19,20,21). The first-order valence-corrected chi connectivity index (χ1v) is 7.11. The van der Waals surface area contributed by atoms with Gasteiger partial charge in [-0.05, 0) is 24.3 Å². The molecule has 0 amide bonds. The number of pyridine rings is 1. The van der Waals surface area contributed by atoms with Crippen molar-refractivity contribution in [3.05, 3.63) is 42.9 Å². The normalized spacial score (nSPS) is 10.7. The van der Waals surface area contributed by atoms with E-state index in [1.165, 1.54) is 6.33 Å². The zero-order valence-corrected chi connectivity index (χ0v) is 12.7. The predicted octanol–water partition coefficient (Wildman–Crippen LogP) is 2.38. The zero-order chi connectivity index (χ0) is 16.1. The van der Waals surface area contributed by atoms with Crippen LogP contribution in [0.2, 0.25) is 0 Å². The minimum absolute atomic E-state index is 0.494. The fourth-order valence-corrected chi connectivity index (χ4v) is 2.07. The van der Waals surface area contributed by atoms with E-state index >= 15 is 0 Å². The summed E-state index contributed by atoms with van der Waals surface area (Å²) < 4.78 is 10.6. The highest BCUT2D eigenvalue weighted by molar-refractivity contribution is 5.91. The van der Waals surface area contributed by atoms with Crippen LogP contribution in [0.1, 0.15) is 0 Å². The lowest BCUT2D eigenvalue weighted by atomic mass is 10.2. The van der Waals surface area contributed by atoms with E-state index in [4.69, 9.17) is 15.2 Å². The van der Waals surface area contributed by atoms with Gasteiger partial charge in [-0.3, -0.25) is 0 Å². The topological polar surface area (TPSA) is 95.2 Å². The Bertz CT molecular complexity index is 792. The number of aromatic nitrogens is 3. The highest BCUT2D eigenvalue weighted by Gasteiger charge is 2.06. The predicted molar refractivity (Wildman–Crippen MR) is 88.8 cm³/mol. The molecular formula is C16H17N5O2. The number of nitrogens with zero attached hydrogens (tertiary/aromatic N) is 3. The number of hydrogen-bond acceptors (Lipinski definition) is 7. The van der Waals surface area contributed by atoms with Gasteiger partial charge in [-0.15, -0.1) is 0 Å². The maximum absolute atomic E-state index is 5.64. The molecule has 7 heteroatoms. The van der Waals surface area contributed by atoms with Crippen LogP contribution in [0.3, 0.4) is 0 Å². The number of benzene rings is 1. The molecule has 0 spiro atoms. The number of fused-ring (bicyclic) bond motifs is 1. The van der Waals surface area contributed by atoms with Gasteiger partial charge in [0.15, 0.2) is 0 Å². The van der Waals surface area contributed by atoms with Crippen LogP contribution in [0.5, 0.6) is 5.75 Å². The first-order valence-electron chi connectivity index (χ1n) is 7.11. The SMILES string of the molecule is COCCOc1ccc2c(Nc3ccc(N)cn3)ncnc2c1. The fourth-order valence-electron chi connectivity index (χ4n) is 2.07. The van der Waals surface area contributed by atoms with Crippen molar-refractivity contribution in [1.82, 2.24) is 15.0 Å². The van der Waals surface area contributed by atoms with Crippen LogP contribution in [0.25, 0.3) is 10.9 Å². The van der Waals surface area contributed by atoms with Gasteiger partial charge in [0.05, 0.1) is 24.0 Å². The Balaban J connectivity index is 1.85. The Kier molecular flexibility index (Phi) is 4.49. The number of nitrogen functional groups attached to an aromatic ring is 1. The lowest BCUT2D eigenvalue weighted by Gasteiger charge is -2.09. The number of nitrogens with two attached hydrogens (primary N) is 1. The van der Waals surface area contributed by atoms with Gasteiger partial charge >= 0.3 is 0 Å². The summed E-state index contributed by atoms with van der Waals surface area (Å²) >= 11 is 0. The van der Waals surface area contributed by atoms with E-state index in [1.54, 1.807) is 25.4 Å². The third kappa shape index (κ3) is 3.64. The fraction of sp³-hybridized carbons (Fsp3) is 0.188. The Labute approximate surface area is 133 Å². The summed E-state index contributed by atoms with van der Waals surface area (Å²) in [4.78, 5) is 12.8. The molecule has 1 aromatic carbocycles. The molecule has 3 N–H and O–H groups in total. The Hall–Kier alpha value is -2.93. The molecule has 0 aliphatic rings. The second-order valence-electron chi connectivity index (χ2n) is 4.84. The molecule has 23 heavy (non-hydrogen) atoms. The molecule has 3 aromatic rings. The third-order valence-electron chi connectivity index (χ3n) is 3.20. The molecule has 0 aliphatic carbocycles. The Morgan fingerprint density at radius 2 is 2.00 bits per heavy atom. The third-order valence-corrected chi connectivity index (χ3v) is 3.20. The summed E-state index contributed by atoms with van der Waals surface area (Å²) in [6.07, 6.45) is 3.09. The highest BCUT2D eigenvalue weighted by atomic mass is 16.5. The molecule has 0 bridgehead atoms. The molecule has 0 unspecified atom stereocenters. The Morgan fingerprint density at radius 1 is 1.09 bits per heavy atom. The summed E-state index contributed by atoms with van der Waals surface area (Å²) in [7, 11) is 1.64. The van der Waals surface area contributed by atoms with Crippen LogP contribution in [0.15, 0.2) is 42.9 Å². The van der Waals surface area contributed by atoms with E-state index in [0.29, 0.717) is 30.5 Å². The van der Waals surface area contributed by atoms with Crippen LogP contribution >= 0.6 is 0 Å². The second-order valence-corrected chi connectivity index (χ2v) is 4.84. The molecule has 0 radical (unpaired) electrons. The average molecular weight is 311 g/mol. The van der Waals surface area contributed by atoms with Crippen molar-refractivity contribution < 1.29 is 9.47 Å². The van der Waals surface area contributed by atoms with Crippen LogP contribution < -0.4 is 15.8 Å². The van der Waals surface area contributed by atoms with Crippen LogP contribution in [0.4, 0.5) is 17.3 Å². The van der Waals surface area contributed by atoms with E-state index in [0.717, 1.165) is 16.7 Å². The van der Waals surface area contributed by atoms with E-state index in [2.05, 4.69) is 20.3 Å². The van der Waals surface area contributed by atoms with Gasteiger partial charge in [0.1, 0.15) is 30.3 Å². The summed E-state index contributed by atoms with van der Waals surface area (Å²) in [5.41, 5.74) is 7.04. The maximum Gasteiger partial charge on any atom is 0.142 e. The van der Waals surface area contributed by atoms with Crippen molar-refractivity contribution in [3.63, 3.8) is 0 Å². The molecule has 0 aliphatic heterocycles. The smallest absolute Gasteiger partial charge is 0.142 e. The minimum atomic E-state index is 0.494. The molecule has 0 atom stereocenters. The van der Waals surface area contributed by atoms with Gasteiger partial charge < -0.3 is 20.5 Å². The minimum Gasteiger partial charge on any atom is -0.491 e. The van der Waals surface area contributed by atoms with Crippen molar-refractivity contribution >= 4 is 28.2 Å². The molecule has 7 nitrogen and oxygen atoms in total. The van der Waals surface area contributed by atoms with Gasteiger partial charge in [0.2, 0.25) is 0 Å². The number of nitrogens with one attached hydrogen (secondary N) is 1. The monoisotopic (exact) mass is 311 g/mol. The van der Waals surface area contributed by atoms with Crippen molar-refractivity contribution in [2.75, 3.05) is 31.4 Å². The molecule has 0 fully saturated rings. The zero-order valence-electron chi connectivity index (χ0n) is 12.7. The molecular weight excluding hydrogens is 294 g/mol. The van der Waals surface area contributed by atoms with Crippen molar-refractivity contribution in [2.24, 2.45) is 0 Å². The highest BCUT2D eigenvalue weighted by Crippen LogP contribution is 2.25. The lowest BCUT2D eigenvalue weighted by molar-refractivity contribution is 0.146. The van der Waals surface area contributed by atoms with Crippen molar-refractivity contribution in [3.8, 4) is 5.75 Å². The molecule has 118 valence electrons. The Morgan fingerprint density at radius 3 is 2.78 bits per heavy atom. The number of anilines is 3. The summed E-state index contributed by atoms with van der Waals surface area (Å²) in [5.74, 6) is 2.08. The van der Waals surface area contributed by atoms with E-state index in [9.17, 15) is 0 Å². The number of rotatable bonds is 6. The van der Waals surface area contributed by atoms with Crippen LogP contribution in [-0.2, 0) is 4.74 Å². The molecule has 2 heterocycles. The van der Waals surface area contributed by atoms with Gasteiger partial charge in [0, 0.05) is 18.6 Å². The van der Waals surface area contributed by atoms with E-state index < -0.39 is 0 Å². The second kappa shape index (κ2) is 6.89. The molecule has 2 aromatic heterocycles. The number of ether oxygens (including phenoxy) is 2. The summed E-state index contributed by atoms with van der Waals surface area (Å²) in [6, 6.07) is 9.24. The first-order chi connectivity index (χ1) is 11.3. The van der Waals surface area contributed by atoms with Crippen molar-refractivity contribution in [1.29, 1.82) is 0 Å². The lowest BCUT2D eigenvalue weighted by Crippen LogP contribution is -2.04.